The number of imidazole rings is 1. The first-order chi connectivity index (χ1) is 9.69. The minimum Gasteiger partial charge on any atom is -0.383 e. The minimum absolute atomic E-state index is 0.666. The Balaban J connectivity index is 2.40. The Kier molecular flexibility index (Phi) is 4.75. The fraction of sp³-hybridized carbons (Fsp3) is 0.538. The highest BCUT2D eigenvalue weighted by molar-refractivity contribution is 5.66. The summed E-state index contributed by atoms with van der Waals surface area (Å²) in [6.45, 7) is 3.08. The van der Waals surface area contributed by atoms with Crippen molar-refractivity contribution in [2.75, 3.05) is 18.8 Å². The van der Waals surface area contributed by atoms with E-state index < -0.39 is 0 Å². The average Bonchev–Trinajstić information content (AvgIpc) is 2.99. The molecule has 0 radical (unpaired) electrons. The van der Waals surface area contributed by atoms with Crippen molar-refractivity contribution >= 4 is 5.82 Å². The van der Waals surface area contributed by atoms with Crippen LogP contribution in [-0.4, -0.2) is 27.4 Å². The molecule has 2 heterocycles. The molecule has 2 aromatic heterocycles. The van der Waals surface area contributed by atoms with E-state index in [1.54, 1.807) is 4.68 Å². The number of rotatable bonds is 7. The third kappa shape index (κ3) is 2.83. The smallest absolute Gasteiger partial charge is 0.294 e. The van der Waals surface area contributed by atoms with Crippen molar-refractivity contribution in [1.29, 1.82) is 0 Å². The molecule has 0 spiro atoms. The topological polar surface area (TPSA) is 105 Å². The predicted molar refractivity (Wildman–Crippen MR) is 78.6 cm³/mol. The standard InChI is InChI=1S/C13H23N7/c1-18-12(16)11(10-17-18)13-19(6-2-4-14)8-9-20(13)7-3-5-15/h8-10,16H,2-7,14-15H2,1H3/p+1. The Morgan fingerprint density at radius 2 is 2.00 bits per heavy atom. The summed E-state index contributed by atoms with van der Waals surface area (Å²) in [5.41, 5.74) is 18.3. The van der Waals surface area contributed by atoms with Gasteiger partial charge in [-0.1, -0.05) is 0 Å². The lowest BCUT2D eigenvalue weighted by Gasteiger charge is -2.04. The number of nitrogens with two attached hydrogens (primary N) is 3. The van der Waals surface area contributed by atoms with E-state index in [0.29, 0.717) is 18.9 Å². The zero-order chi connectivity index (χ0) is 14.5. The van der Waals surface area contributed by atoms with Crippen molar-refractivity contribution in [3.63, 3.8) is 0 Å². The van der Waals surface area contributed by atoms with Crippen LogP contribution in [-0.2, 0) is 20.1 Å². The van der Waals surface area contributed by atoms with Crippen LogP contribution in [0.1, 0.15) is 12.8 Å². The lowest BCUT2D eigenvalue weighted by molar-refractivity contribution is -0.685. The van der Waals surface area contributed by atoms with Gasteiger partial charge < -0.3 is 17.2 Å². The normalized spacial score (nSPS) is 11.2. The molecule has 0 saturated carbocycles. The summed E-state index contributed by atoms with van der Waals surface area (Å²) in [6, 6.07) is 0. The molecule has 2 rings (SSSR count). The van der Waals surface area contributed by atoms with Crippen LogP contribution in [0.5, 0.6) is 0 Å². The summed E-state index contributed by atoms with van der Waals surface area (Å²) in [4.78, 5) is 0. The molecule has 0 atom stereocenters. The molecule has 20 heavy (non-hydrogen) atoms. The van der Waals surface area contributed by atoms with Crippen molar-refractivity contribution in [3.05, 3.63) is 18.6 Å². The van der Waals surface area contributed by atoms with E-state index in [0.717, 1.165) is 37.3 Å². The first-order valence-electron chi connectivity index (χ1n) is 6.95. The van der Waals surface area contributed by atoms with Crippen LogP contribution in [0.4, 0.5) is 5.82 Å². The molecule has 110 valence electrons. The molecule has 6 N–H and O–H groups in total. The van der Waals surface area contributed by atoms with Crippen molar-refractivity contribution < 1.29 is 4.57 Å². The zero-order valence-electron chi connectivity index (χ0n) is 12.0. The number of nitrogens with zero attached hydrogens (tertiary/aromatic N) is 4. The van der Waals surface area contributed by atoms with E-state index in [1.165, 1.54) is 0 Å². The van der Waals surface area contributed by atoms with E-state index in [1.807, 2.05) is 13.2 Å². The van der Waals surface area contributed by atoms with Gasteiger partial charge in [0.25, 0.3) is 5.82 Å². The second kappa shape index (κ2) is 6.53. The Morgan fingerprint density at radius 1 is 1.25 bits per heavy atom. The van der Waals surface area contributed by atoms with Crippen LogP contribution in [0, 0.1) is 0 Å². The summed E-state index contributed by atoms with van der Waals surface area (Å²) in [7, 11) is 1.84. The van der Waals surface area contributed by atoms with Gasteiger partial charge in [0.1, 0.15) is 23.8 Å². The van der Waals surface area contributed by atoms with Gasteiger partial charge in [0.05, 0.1) is 19.3 Å². The van der Waals surface area contributed by atoms with Crippen LogP contribution in [0.25, 0.3) is 11.4 Å². The first-order valence-corrected chi connectivity index (χ1v) is 6.95. The molecule has 0 aliphatic carbocycles. The van der Waals surface area contributed by atoms with Gasteiger partial charge in [0, 0.05) is 7.05 Å². The molecular weight excluding hydrogens is 254 g/mol. The summed E-state index contributed by atoms with van der Waals surface area (Å²) in [5, 5.41) is 4.23. The fourth-order valence-corrected chi connectivity index (χ4v) is 2.28. The molecule has 0 saturated heterocycles. The maximum absolute atomic E-state index is 6.11. The Morgan fingerprint density at radius 3 is 2.60 bits per heavy atom. The summed E-state index contributed by atoms with van der Waals surface area (Å²) < 4.78 is 6.04. The average molecular weight is 278 g/mol. The van der Waals surface area contributed by atoms with Crippen LogP contribution in [0.3, 0.4) is 0 Å². The number of hydrogen-bond acceptors (Lipinski definition) is 4. The maximum atomic E-state index is 6.11. The molecular formula is C13H24N7+. The van der Waals surface area contributed by atoms with Crippen LogP contribution >= 0.6 is 0 Å². The molecule has 7 nitrogen and oxygen atoms in total. The molecule has 0 bridgehead atoms. The second-order valence-corrected chi connectivity index (χ2v) is 4.86. The Hall–Kier alpha value is -1.86. The molecule has 0 aliphatic heterocycles. The number of aromatic nitrogens is 4. The molecule has 0 aromatic carbocycles. The Labute approximate surface area is 119 Å². The maximum Gasteiger partial charge on any atom is 0.294 e. The van der Waals surface area contributed by atoms with Crippen LogP contribution < -0.4 is 21.8 Å². The number of nitrogen functional groups attached to an aromatic ring is 1. The van der Waals surface area contributed by atoms with E-state index in [-0.39, 0.29) is 0 Å². The Bertz CT molecular complexity index is 530. The van der Waals surface area contributed by atoms with Crippen molar-refractivity contribution in [3.8, 4) is 11.4 Å². The first kappa shape index (κ1) is 14.5. The van der Waals surface area contributed by atoms with Gasteiger partial charge in [-0.25, -0.2) is 9.13 Å². The number of aryl methyl sites for hydroxylation is 3. The van der Waals surface area contributed by atoms with Gasteiger partial charge in [0.15, 0.2) is 0 Å². The summed E-state index contributed by atoms with van der Waals surface area (Å²) >= 11 is 0. The number of anilines is 1. The van der Waals surface area contributed by atoms with Crippen LogP contribution in [0.2, 0.25) is 0 Å². The third-order valence-electron chi connectivity index (χ3n) is 3.40. The summed E-state index contributed by atoms with van der Waals surface area (Å²) in [6.07, 6.45) is 7.79. The van der Waals surface area contributed by atoms with Crippen molar-refractivity contribution in [2.45, 2.75) is 25.9 Å². The lowest BCUT2D eigenvalue weighted by Crippen LogP contribution is -2.36. The van der Waals surface area contributed by atoms with Gasteiger partial charge in [-0.3, -0.25) is 4.68 Å². The molecule has 0 aliphatic rings. The van der Waals surface area contributed by atoms with E-state index >= 15 is 0 Å². The number of hydrogen-bond donors (Lipinski definition) is 3. The second-order valence-electron chi connectivity index (χ2n) is 4.86. The molecule has 0 fully saturated rings. The monoisotopic (exact) mass is 278 g/mol. The highest BCUT2D eigenvalue weighted by atomic mass is 15.3. The van der Waals surface area contributed by atoms with E-state index in [4.69, 9.17) is 17.2 Å². The largest absolute Gasteiger partial charge is 0.383 e. The lowest BCUT2D eigenvalue weighted by atomic mass is 10.3. The quantitative estimate of drug-likeness (QED) is 0.591. The van der Waals surface area contributed by atoms with Gasteiger partial charge in [-0.05, 0) is 25.9 Å². The molecule has 2 aromatic rings. The molecule has 0 unspecified atom stereocenters. The SMILES string of the molecule is Cn1ncc(-c2n(CCCN)cc[n+]2CCCN)c1N. The van der Waals surface area contributed by atoms with Crippen molar-refractivity contribution in [1.82, 2.24) is 14.3 Å². The molecule has 7 heteroatoms. The predicted octanol–water partition coefficient (Wildman–Crippen LogP) is -0.544. The highest BCUT2D eigenvalue weighted by Gasteiger charge is 2.23. The van der Waals surface area contributed by atoms with E-state index in [9.17, 15) is 0 Å². The van der Waals surface area contributed by atoms with Crippen molar-refractivity contribution in [2.24, 2.45) is 18.5 Å². The van der Waals surface area contributed by atoms with E-state index in [2.05, 4.69) is 26.6 Å². The van der Waals surface area contributed by atoms with Crippen LogP contribution in [0.15, 0.2) is 18.6 Å². The van der Waals surface area contributed by atoms with Gasteiger partial charge in [-0.15, -0.1) is 0 Å². The zero-order valence-corrected chi connectivity index (χ0v) is 12.0. The van der Waals surface area contributed by atoms with Gasteiger partial charge in [0.2, 0.25) is 0 Å². The third-order valence-corrected chi connectivity index (χ3v) is 3.40. The van der Waals surface area contributed by atoms with Gasteiger partial charge >= 0.3 is 0 Å². The van der Waals surface area contributed by atoms with Gasteiger partial charge in [-0.2, -0.15) is 5.10 Å². The minimum atomic E-state index is 0.666. The highest BCUT2D eigenvalue weighted by Crippen LogP contribution is 2.22. The molecule has 0 amide bonds. The summed E-state index contributed by atoms with van der Waals surface area (Å²) in [5.74, 6) is 1.73. The fourth-order valence-electron chi connectivity index (χ4n) is 2.28.